The van der Waals surface area contributed by atoms with Crippen LogP contribution >= 0.6 is 0 Å². The Bertz CT molecular complexity index is 870. The standard InChI is InChI=1S/C19H22N4O4/c1-4-6-14-15(18(25)27-5-2)16(23-19(22-14)20-11-21-23)12-7-9-13(10-8-12)17(24)26-3/h7-11,16H,4-6H2,1-3H3,(H,20,21,22)/t16-/m0/s1. The van der Waals surface area contributed by atoms with E-state index < -0.39 is 18.0 Å². The summed E-state index contributed by atoms with van der Waals surface area (Å²) in [5, 5.41) is 7.48. The molecule has 1 atom stereocenters. The number of aromatic nitrogens is 3. The predicted molar refractivity (Wildman–Crippen MR) is 98.1 cm³/mol. The van der Waals surface area contributed by atoms with Gasteiger partial charge in [-0.2, -0.15) is 10.1 Å². The Morgan fingerprint density at radius 3 is 2.56 bits per heavy atom. The van der Waals surface area contributed by atoms with Crippen LogP contribution in [0.25, 0.3) is 0 Å². The molecule has 0 aliphatic carbocycles. The highest BCUT2D eigenvalue weighted by Crippen LogP contribution is 2.36. The molecule has 0 amide bonds. The summed E-state index contributed by atoms with van der Waals surface area (Å²) in [7, 11) is 1.34. The second-order valence-corrected chi connectivity index (χ2v) is 6.03. The molecular weight excluding hydrogens is 348 g/mol. The Morgan fingerprint density at radius 2 is 1.93 bits per heavy atom. The van der Waals surface area contributed by atoms with Crippen LogP contribution in [-0.2, 0) is 14.3 Å². The smallest absolute Gasteiger partial charge is 0.338 e. The maximum Gasteiger partial charge on any atom is 0.338 e. The minimum absolute atomic E-state index is 0.278. The molecule has 1 aromatic carbocycles. The fourth-order valence-electron chi connectivity index (χ4n) is 3.14. The summed E-state index contributed by atoms with van der Waals surface area (Å²) in [6.07, 6.45) is 2.97. The van der Waals surface area contributed by atoms with E-state index in [1.165, 1.54) is 13.4 Å². The van der Waals surface area contributed by atoms with Gasteiger partial charge in [-0.25, -0.2) is 14.3 Å². The average Bonchev–Trinajstić information content (AvgIpc) is 3.15. The van der Waals surface area contributed by atoms with Gasteiger partial charge in [0.25, 0.3) is 0 Å². The minimum Gasteiger partial charge on any atom is -0.465 e. The van der Waals surface area contributed by atoms with E-state index in [9.17, 15) is 9.59 Å². The zero-order chi connectivity index (χ0) is 19.4. The summed E-state index contributed by atoms with van der Waals surface area (Å²) in [6.45, 7) is 4.09. The Balaban J connectivity index is 2.10. The van der Waals surface area contributed by atoms with Crippen LogP contribution in [0.1, 0.15) is 48.7 Å². The monoisotopic (exact) mass is 370 g/mol. The van der Waals surface area contributed by atoms with Gasteiger partial charge in [0.15, 0.2) is 0 Å². The van der Waals surface area contributed by atoms with Gasteiger partial charge < -0.3 is 14.8 Å². The van der Waals surface area contributed by atoms with Crippen molar-refractivity contribution in [3.8, 4) is 0 Å². The lowest BCUT2D eigenvalue weighted by Crippen LogP contribution is -2.30. The molecule has 8 nitrogen and oxygen atoms in total. The van der Waals surface area contributed by atoms with Gasteiger partial charge in [0, 0.05) is 5.70 Å². The van der Waals surface area contributed by atoms with Crippen molar-refractivity contribution >= 4 is 17.9 Å². The highest BCUT2D eigenvalue weighted by molar-refractivity contribution is 5.93. The van der Waals surface area contributed by atoms with Crippen LogP contribution in [0.5, 0.6) is 0 Å². The van der Waals surface area contributed by atoms with E-state index in [0.717, 1.165) is 17.7 Å². The molecule has 0 fully saturated rings. The normalized spacial score (nSPS) is 15.7. The molecule has 0 radical (unpaired) electrons. The quantitative estimate of drug-likeness (QED) is 0.781. The lowest BCUT2D eigenvalue weighted by Gasteiger charge is -2.29. The molecule has 1 aliphatic heterocycles. The minimum atomic E-state index is -0.490. The van der Waals surface area contributed by atoms with Crippen LogP contribution in [-0.4, -0.2) is 40.4 Å². The SMILES string of the molecule is CCCC1=C(C(=O)OCC)[C@H](c2ccc(C(=O)OC)cc2)n2ncnc2N1. The molecule has 27 heavy (non-hydrogen) atoms. The molecule has 0 spiro atoms. The van der Waals surface area contributed by atoms with Crippen LogP contribution in [0.15, 0.2) is 41.9 Å². The third-order valence-electron chi connectivity index (χ3n) is 4.32. The summed E-state index contributed by atoms with van der Waals surface area (Å²) < 4.78 is 11.7. The molecule has 1 N–H and O–H groups in total. The second kappa shape index (κ2) is 8.03. The zero-order valence-corrected chi connectivity index (χ0v) is 15.6. The number of nitrogens with zero attached hydrogens (tertiary/aromatic N) is 3. The molecule has 2 aromatic rings. The van der Waals surface area contributed by atoms with Gasteiger partial charge in [0.05, 0.1) is 24.9 Å². The maximum atomic E-state index is 12.8. The number of allylic oxidation sites excluding steroid dienone is 1. The van der Waals surface area contributed by atoms with Crippen molar-refractivity contribution in [2.24, 2.45) is 0 Å². The number of anilines is 1. The van der Waals surface area contributed by atoms with Crippen LogP contribution < -0.4 is 5.32 Å². The van der Waals surface area contributed by atoms with Crippen LogP contribution in [0.3, 0.4) is 0 Å². The summed E-state index contributed by atoms with van der Waals surface area (Å²) in [5.41, 5.74) is 2.51. The van der Waals surface area contributed by atoms with E-state index in [1.54, 1.807) is 35.9 Å². The fraction of sp³-hybridized carbons (Fsp3) is 0.368. The molecule has 1 aromatic heterocycles. The van der Waals surface area contributed by atoms with E-state index in [-0.39, 0.29) is 6.61 Å². The van der Waals surface area contributed by atoms with E-state index >= 15 is 0 Å². The first kappa shape index (κ1) is 18.6. The number of methoxy groups -OCH3 is 1. The number of rotatable bonds is 6. The van der Waals surface area contributed by atoms with Gasteiger partial charge in [0.1, 0.15) is 12.4 Å². The topological polar surface area (TPSA) is 95.3 Å². The number of nitrogens with one attached hydrogen (secondary N) is 1. The van der Waals surface area contributed by atoms with Crippen LogP contribution in [0, 0.1) is 0 Å². The first-order valence-electron chi connectivity index (χ1n) is 8.85. The summed E-state index contributed by atoms with van der Waals surface area (Å²) in [5.74, 6) is -0.244. The molecule has 0 bridgehead atoms. The largest absolute Gasteiger partial charge is 0.465 e. The van der Waals surface area contributed by atoms with Crippen molar-refractivity contribution in [1.29, 1.82) is 0 Å². The zero-order valence-electron chi connectivity index (χ0n) is 15.6. The number of carbonyl (C=O) groups is 2. The second-order valence-electron chi connectivity index (χ2n) is 6.03. The Kier molecular flexibility index (Phi) is 5.54. The van der Waals surface area contributed by atoms with Crippen LogP contribution in [0.4, 0.5) is 5.95 Å². The maximum absolute atomic E-state index is 12.8. The number of esters is 2. The molecule has 3 rings (SSSR count). The highest BCUT2D eigenvalue weighted by atomic mass is 16.5. The molecule has 142 valence electrons. The average molecular weight is 370 g/mol. The number of hydrogen-bond acceptors (Lipinski definition) is 7. The van der Waals surface area contributed by atoms with Gasteiger partial charge in [-0.05, 0) is 31.0 Å². The number of carbonyl (C=O) groups excluding carboxylic acids is 2. The van der Waals surface area contributed by atoms with Gasteiger partial charge in [-0.3, -0.25) is 0 Å². The molecule has 0 saturated heterocycles. The lowest BCUT2D eigenvalue weighted by atomic mass is 9.93. The molecule has 0 saturated carbocycles. The molecule has 8 heteroatoms. The van der Waals surface area contributed by atoms with Crippen molar-refractivity contribution in [3.05, 3.63) is 53.0 Å². The van der Waals surface area contributed by atoms with Crippen molar-refractivity contribution in [3.63, 3.8) is 0 Å². The van der Waals surface area contributed by atoms with Crippen molar-refractivity contribution < 1.29 is 19.1 Å². The molecule has 2 heterocycles. The van der Waals surface area contributed by atoms with Gasteiger partial charge >= 0.3 is 11.9 Å². The van der Waals surface area contributed by atoms with Gasteiger partial charge in [-0.15, -0.1) is 0 Å². The third kappa shape index (κ3) is 3.55. The molecule has 0 unspecified atom stereocenters. The Hall–Kier alpha value is -3.16. The number of ether oxygens (including phenoxy) is 2. The van der Waals surface area contributed by atoms with E-state index in [1.807, 2.05) is 6.92 Å². The first-order chi connectivity index (χ1) is 13.1. The van der Waals surface area contributed by atoms with Crippen molar-refractivity contribution in [2.45, 2.75) is 32.7 Å². The lowest BCUT2D eigenvalue weighted by molar-refractivity contribution is -0.139. The van der Waals surface area contributed by atoms with Crippen molar-refractivity contribution in [1.82, 2.24) is 14.8 Å². The fourth-order valence-corrected chi connectivity index (χ4v) is 3.14. The third-order valence-corrected chi connectivity index (χ3v) is 4.32. The molecular formula is C19H22N4O4. The van der Waals surface area contributed by atoms with E-state index in [2.05, 4.69) is 15.4 Å². The van der Waals surface area contributed by atoms with Gasteiger partial charge in [-0.1, -0.05) is 25.5 Å². The number of benzene rings is 1. The van der Waals surface area contributed by atoms with Gasteiger partial charge in [0.2, 0.25) is 5.95 Å². The molecule has 1 aliphatic rings. The predicted octanol–water partition coefficient (Wildman–Crippen LogP) is 2.70. The highest BCUT2D eigenvalue weighted by Gasteiger charge is 2.35. The summed E-state index contributed by atoms with van der Waals surface area (Å²) >= 11 is 0. The summed E-state index contributed by atoms with van der Waals surface area (Å²) in [4.78, 5) is 28.7. The summed E-state index contributed by atoms with van der Waals surface area (Å²) in [6, 6.07) is 6.42. The van der Waals surface area contributed by atoms with Crippen LogP contribution in [0.2, 0.25) is 0 Å². The Labute approximate surface area is 157 Å². The van der Waals surface area contributed by atoms with Crippen molar-refractivity contribution in [2.75, 3.05) is 19.0 Å². The van der Waals surface area contributed by atoms with E-state index in [4.69, 9.17) is 9.47 Å². The number of hydrogen-bond donors (Lipinski definition) is 1. The van der Waals surface area contributed by atoms with E-state index in [0.29, 0.717) is 23.5 Å². The number of fused-ring (bicyclic) bond motifs is 1. The first-order valence-corrected chi connectivity index (χ1v) is 8.85. The Morgan fingerprint density at radius 1 is 1.19 bits per heavy atom.